The zero-order valence-electron chi connectivity index (χ0n) is 49.4. The van der Waals surface area contributed by atoms with Crippen molar-refractivity contribution in [1.29, 1.82) is 0 Å². The molecule has 0 aliphatic rings. The Hall–Kier alpha value is -10.1. The van der Waals surface area contributed by atoms with Crippen molar-refractivity contribution in [2.75, 3.05) is 9.80 Å². The standard InChI is InChI=1S/C64H26F36N4/c65-53(66,67)31-17-41(57(77,78)79)49(42(18-31)58(80,81)82)27-11-28(50-43(59(83,84)85)19-32(54(68,69)70)20-44(50)60(86,87)88)14-39(13-27)103(37-3-1-9-101-25-37)35-5-7-36(8-6-35)104(38-4-2-10-102-26-38)40-15-29(51-45(61(89,90)91)21-33(55(71,72)73)22-46(51)62(92,93)94)12-30(16-40)52-47(63(95,96)97)23-34(56(74,75)76)24-48(52)64(98,99)100/h1-26H. The number of benzene rings is 7. The number of anilines is 6. The molecule has 0 saturated heterocycles. The summed E-state index contributed by atoms with van der Waals surface area (Å²) in [6.07, 6.45) is -73.3. The second-order valence-corrected chi connectivity index (χ2v) is 21.9. The molecule has 0 aliphatic heterocycles. The lowest BCUT2D eigenvalue weighted by molar-refractivity contribution is -0.150. The third kappa shape index (κ3) is 16.3. The van der Waals surface area contributed by atoms with Gasteiger partial charge in [-0.2, -0.15) is 158 Å². The molecular weight excluding hydrogens is 1510 g/mol. The lowest BCUT2D eigenvalue weighted by atomic mass is 9.86. The smallest absolute Gasteiger partial charge is 0.309 e. The molecule has 104 heavy (non-hydrogen) atoms. The Labute approximate surface area is 554 Å². The Balaban J connectivity index is 1.44. The lowest BCUT2D eigenvalue weighted by Crippen LogP contribution is -2.19. The van der Waals surface area contributed by atoms with Gasteiger partial charge in [-0.3, -0.25) is 9.97 Å². The van der Waals surface area contributed by atoms with Crippen LogP contribution in [0.5, 0.6) is 0 Å². The molecule has 9 rings (SSSR count). The van der Waals surface area contributed by atoms with E-state index in [4.69, 9.17) is 0 Å². The number of hydrogen-bond acceptors (Lipinski definition) is 4. The monoisotopic (exact) mass is 1530 g/mol. The van der Waals surface area contributed by atoms with E-state index in [9.17, 15) is 52.7 Å². The van der Waals surface area contributed by atoms with Gasteiger partial charge < -0.3 is 9.80 Å². The average molecular weight is 1530 g/mol. The second-order valence-electron chi connectivity index (χ2n) is 21.9. The first-order chi connectivity index (χ1) is 47.2. The van der Waals surface area contributed by atoms with Crippen LogP contribution in [0, 0.1) is 0 Å². The van der Waals surface area contributed by atoms with E-state index in [1.54, 1.807) is 0 Å². The summed E-state index contributed by atoms with van der Waals surface area (Å²) in [5.74, 6) is 0. The van der Waals surface area contributed by atoms with Crippen LogP contribution in [0.4, 0.5) is 192 Å². The van der Waals surface area contributed by atoms with Gasteiger partial charge >= 0.3 is 74.1 Å². The first-order valence-electron chi connectivity index (χ1n) is 27.6. The van der Waals surface area contributed by atoms with Gasteiger partial charge in [0.15, 0.2) is 0 Å². The Morgan fingerprint density at radius 1 is 0.192 bits per heavy atom. The van der Waals surface area contributed by atoms with E-state index >= 15 is 105 Å². The molecule has 0 saturated carbocycles. The number of alkyl halides is 36. The fourth-order valence-corrected chi connectivity index (χ4v) is 10.9. The molecule has 2 aromatic heterocycles. The Bertz CT molecular complexity index is 4030. The quantitative estimate of drug-likeness (QED) is 0.128. The molecule has 9 aromatic rings. The van der Waals surface area contributed by atoms with E-state index in [-0.39, 0.29) is 36.4 Å². The van der Waals surface area contributed by atoms with Gasteiger partial charge in [0.05, 0.1) is 90.5 Å². The van der Waals surface area contributed by atoms with E-state index in [2.05, 4.69) is 9.97 Å². The van der Waals surface area contributed by atoms with Crippen molar-refractivity contribution in [2.24, 2.45) is 0 Å². The summed E-state index contributed by atoms with van der Waals surface area (Å²) in [6.45, 7) is 0. The van der Waals surface area contributed by atoms with Crippen molar-refractivity contribution in [1.82, 2.24) is 9.97 Å². The van der Waals surface area contributed by atoms with Crippen LogP contribution in [0.25, 0.3) is 44.5 Å². The minimum Gasteiger partial charge on any atom is -0.309 e. The summed E-state index contributed by atoms with van der Waals surface area (Å²) in [7, 11) is 0. The molecule has 0 spiro atoms. The summed E-state index contributed by atoms with van der Waals surface area (Å²) in [6, 6.07) is -2.89. The van der Waals surface area contributed by atoms with Crippen molar-refractivity contribution in [3.05, 3.63) is 225 Å². The molecule has 0 radical (unpaired) electrons. The van der Waals surface area contributed by atoms with Crippen LogP contribution in [-0.4, -0.2) is 9.97 Å². The molecule has 554 valence electrons. The van der Waals surface area contributed by atoms with Crippen LogP contribution in [0.2, 0.25) is 0 Å². The van der Waals surface area contributed by atoms with Crippen molar-refractivity contribution >= 4 is 34.1 Å². The summed E-state index contributed by atoms with van der Waals surface area (Å²) in [4.78, 5) is 8.21. The van der Waals surface area contributed by atoms with Gasteiger partial charge in [-0.1, -0.05) is 0 Å². The number of hydrogen-bond donors (Lipinski definition) is 0. The van der Waals surface area contributed by atoms with Crippen LogP contribution in [0.1, 0.15) is 66.8 Å². The first kappa shape index (κ1) is 78.1. The number of rotatable bonds is 10. The zero-order valence-corrected chi connectivity index (χ0v) is 49.4. The van der Waals surface area contributed by atoms with Crippen LogP contribution in [-0.2, 0) is 74.1 Å². The SMILES string of the molecule is FC(F)(F)c1cc(C(F)(F)F)c(-c2cc(-c3c(C(F)(F)F)cc(C(F)(F)F)cc3C(F)(F)F)cc(N(c3ccc(N(c4cccnc4)c4cc(-c5c(C(F)(F)F)cc(C(F)(F)F)cc5C(F)(F)F)cc(-c5c(C(F)(F)F)cc(C(F)(F)F)cc5C(F)(F)F)c4)cc3)c3cccnc3)c2)c(C(F)(F)F)c1. The molecule has 2 heterocycles. The van der Waals surface area contributed by atoms with Crippen molar-refractivity contribution < 1.29 is 158 Å². The Kier molecular flexibility index (Phi) is 19.5. The van der Waals surface area contributed by atoms with E-state index in [0.29, 0.717) is 46.5 Å². The second kappa shape index (κ2) is 26.0. The van der Waals surface area contributed by atoms with Gasteiger partial charge in [0, 0.05) is 57.4 Å². The third-order valence-corrected chi connectivity index (χ3v) is 15.0. The van der Waals surface area contributed by atoms with Gasteiger partial charge in [0.2, 0.25) is 0 Å². The topological polar surface area (TPSA) is 32.3 Å². The van der Waals surface area contributed by atoms with Crippen LogP contribution >= 0.6 is 0 Å². The maximum atomic E-state index is 15.2. The summed E-state index contributed by atoms with van der Waals surface area (Å²) < 4.78 is 535. The maximum Gasteiger partial charge on any atom is 0.417 e. The molecule has 0 fully saturated rings. The maximum absolute atomic E-state index is 15.2. The molecule has 0 N–H and O–H groups in total. The normalized spacial score (nSPS) is 13.6. The molecule has 4 nitrogen and oxygen atoms in total. The molecule has 0 amide bonds. The highest BCUT2D eigenvalue weighted by atomic mass is 19.5. The third-order valence-electron chi connectivity index (χ3n) is 15.0. The van der Waals surface area contributed by atoms with Crippen molar-refractivity contribution in [3.63, 3.8) is 0 Å². The molecule has 0 unspecified atom stereocenters. The number of pyridine rings is 2. The zero-order chi connectivity index (χ0) is 78.0. The van der Waals surface area contributed by atoms with Crippen LogP contribution in [0.3, 0.4) is 0 Å². The van der Waals surface area contributed by atoms with E-state index < -0.39 is 268 Å². The fraction of sp³-hybridized carbons (Fsp3) is 0.188. The molecule has 7 aromatic carbocycles. The molecule has 0 aliphatic carbocycles. The van der Waals surface area contributed by atoms with Gasteiger partial charge in [-0.15, -0.1) is 0 Å². The largest absolute Gasteiger partial charge is 0.417 e. The van der Waals surface area contributed by atoms with Crippen molar-refractivity contribution in [3.8, 4) is 44.5 Å². The van der Waals surface area contributed by atoms with E-state index in [0.717, 1.165) is 36.7 Å². The number of halogens is 36. The minimum atomic E-state index is -6.47. The molecule has 0 atom stereocenters. The number of nitrogens with zero attached hydrogens (tertiary/aromatic N) is 4. The molecular formula is C64H26F36N4. The fourth-order valence-electron chi connectivity index (χ4n) is 10.9. The number of aromatic nitrogens is 2. The predicted octanol–water partition coefficient (Wildman–Crippen LogP) is 26.3. The van der Waals surface area contributed by atoms with E-state index in [1.807, 2.05) is 0 Å². The average Bonchev–Trinajstić information content (AvgIpc) is 0.738. The minimum absolute atomic E-state index is 0.0222. The molecule has 0 bridgehead atoms. The summed E-state index contributed by atoms with van der Waals surface area (Å²) in [5, 5.41) is 0. The molecule has 40 heteroatoms. The van der Waals surface area contributed by atoms with Gasteiger partial charge in [-0.05, 0) is 156 Å². The predicted molar refractivity (Wildman–Crippen MR) is 293 cm³/mol. The lowest BCUT2D eigenvalue weighted by Gasteiger charge is -2.30. The van der Waals surface area contributed by atoms with Crippen molar-refractivity contribution in [2.45, 2.75) is 74.1 Å². The van der Waals surface area contributed by atoms with Gasteiger partial charge in [-0.25, -0.2) is 0 Å². The van der Waals surface area contributed by atoms with Gasteiger partial charge in [0.25, 0.3) is 0 Å². The first-order valence-corrected chi connectivity index (χ1v) is 27.6. The van der Waals surface area contributed by atoms with Crippen LogP contribution in [0.15, 0.2) is 158 Å². The Morgan fingerprint density at radius 2 is 0.375 bits per heavy atom. The highest BCUT2D eigenvalue weighted by Crippen LogP contribution is 2.57. The summed E-state index contributed by atoms with van der Waals surface area (Å²) >= 11 is 0. The Morgan fingerprint density at radius 3 is 0.519 bits per heavy atom. The van der Waals surface area contributed by atoms with Gasteiger partial charge in [0.1, 0.15) is 0 Å². The summed E-state index contributed by atoms with van der Waals surface area (Å²) in [5.41, 5.74) is -58.8. The van der Waals surface area contributed by atoms with E-state index in [1.165, 1.54) is 0 Å². The highest BCUT2D eigenvalue weighted by molar-refractivity contribution is 5.91. The van der Waals surface area contributed by atoms with Crippen LogP contribution < -0.4 is 9.80 Å². The highest BCUT2D eigenvalue weighted by Gasteiger charge is 2.51.